The number of furan rings is 1. The zero-order valence-electron chi connectivity index (χ0n) is 16.3. The number of nitrogens with zero attached hydrogens (tertiary/aromatic N) is 4. The Bertz CT molecular complexity index is 1140. The summed E-state index contributed by atoms with van der Waals surface area (Å²) < 4.78 is 7.62. The van der Waals surface area contributed by atoms with E-state index in [1.165, 1.54) is 5.56 Å². The summed E-state index contributed by atoms with van der Waals surface area (Å²) in [7, 11) is 0. The summed E-state index contributed by atoms with van der Waals surface area (Å²) >= 11 is 0. The number of aromatic amines is 1. The molecule has 7 nitrogen and oxygen atoms in total. The number of benzene rings is 1. The average Bonchev–Trinajstić information content (AvgIpc) is 3.48. The molecule has 0 spiro atoms. The van der Waals surface area contributed by atoms with Crippen LogP contribution in [0.3, 0.4) is 0 Å². The van der Waals surface area contributed by atoms with Crippen molar-refractivity contribution in [1.82, 2.24) is 24.6 Å². The van der Waals surface area contributed by atoms with Crippen LogP contribution in [0.4, 0.5) is 0 Å². The molecule has 1 aromatic carbocycles. The molecule has 1 atom stereocenters. The van der Waals surface area contributed by atoms with Crippen LogP contribution < -0.4 is 0 Å². The van der Waals surface area contributed by atoms with Crippen LogP contribution in [-0.2, 0) is 6.54 Å². The smallest absolute Gasteiger partial charge is 0.290 e. The minimum Gasteiger partial charge on any atom is -0.454 e. The van der Waals surface area contributed by atoms with Gasteiger partial charge in [-0.2, -0.15) is 5.10 Å². The Hall–Kier alpha value is -3.35. The number of piperidine rings is 1. The van der Waals surface area contributed by atoms with Gasteiger partial charge < -0.3 is 14.3 Å². The van der Waals surface area contributed by atoms with Crippen molar-refractivity contribution in [3.8, 4) is 0 Å². The molecule has 5 rings (SSSR count). The number of fused-ring (bicyclic) bond motifs is 1. The maximum absolute atomic E-state index is 13.2. The molecule has 4 heterocycles. The van der Waals surface area contributed by atoms with E-state index in [9.17, 15) is 4.79 Å². The number of aryl methyl sites for hydroxylation is 1. The minimum atomic E-state index is -0.0851. The second-order valence-electron chi connectivity index (χ2n) is 7.62. The van der Waals surface area contributed by atoms with Crippen LogP contribution in [0, 0.1) is 6.92 Å². The Morgan fingerprint density at radius 1 is 1.28 bits per heavy atom. The van der Waals surface area contributed by atoms with E-state index in [1.807, 2.05) is 29.3 Å². The molecule has 7 heteroatoms. The molecule has 4 aromatic rings. The SMILES string of the molecule is Cc1ccc2nc(C3CCCCN3C(=O)c3ccc(Cn4cccn4)o3)[nH]c2c1. The average molecular weight is 389 g/mol. The van der Waals surface area contributed by atoms with E-state index in [2.05, 4.69) is 29.1 Å². The lowest BCUT2D eigenvalue weighted by Gasteiger charge is -2.33. The summed E-state index contributed by atoms with van der Waals surface area (Å²) in [5.74, 6) is 1.84. The number of imidazole rings is 1. The molecule has 1 aliphatic rings. The van der Waals surface area contributed by atoms with Gasteiger partial charge in [0, 0.05) is 18.9 Å². The molecule has 0 aliphatic carbocycles. The molecule has 1 amide bonds. The van der Waals surface area contributed by atoms with Gasteiger partial charge >= 0.3 is 0 Å². The van der Waals surface area contributed by atoms with Gasteiger partial charge in [-0.15, -0.1) is 0 Å². The van der Waals surface area contributed by atoms with E-state index in [1.54, 1.807) is 16.9 Å². The van der Waals surface area contributed by atoms with Crippen molar-refractivity contribution < 1.29 is 9.21 Å². The second kappa shape index (κ2) is 7.24. The number of carbonyl (C=O) groups excluding carboxylic acids is 1. The molecule has 1 N–H and O–H groups in total. The molecular formula is C22H23N5O2. The predicted molar refractivity (Wildman–Crippen MR) is 108 cm³/mol. The first-order chi connectivity index (χ1) is 14.2. The molecule has 0 bridgehead atoms. The summed E-state index contributed by atoms with van der Waals surface area (Å²) in [4.78, 5) is 23.3. The zero-order chi connectivity index (χ0) is 19.8. The highest BCUT2D eigenvalue weighted by molar-refractivity contribution is 5.92. The van der Waals surface area contributed by atoms with Crippen LogP contribution in [0.5, 0.6) is 0 Å². The first-order valence-corrected chi connectivity index (χ1v) is 10.0. The van der Waals surface area contributed by atoms with Crippen LogP contribution in [-0.4, -0.2) is 37.1 Å². The fraction of sp³-hybridized carbons (Fsp3) is 0.318. The monoisotopic (exact) mass is 389 g/mol. The Kier molecular flexibility index (Phi) is 4.42. The molecule has 148 valence electrons. The minimum absolute atomic E-state index is 0.0661. The molecule has 1 saturated heterocycles. The highest BCUT2D eigenvalue weighted by Gasteiger charge is 2.32. The maximum atomic E-state index is 13.2. The Morgan fingerprint density at radius 2 is 2.21 bits per heavy atom. The van der Waals surface area contributed by atoms with E-state index in [0.29, 0.717) is 24.6 Å². The van der Waals surface area contributed by atoms with Crippen LogP contribution in [0.15, 0.2) is 53.2 Å². The maximum Gasteiger partial charge on any atom is 0.290 e. The molecule has 29 heavy (non-hydrogen) atoms. The van der Waals surface area contributed by atoms with Crippen molar-refractivity contribution in [2.45, 2.75) is 38.8 Å². The van der Waals surface area contributed by atoms with Crippen molar-refractivity contribution >= 4 is 16.9 Å². The summed E-state index contributed by atoms with van der Waals surface area (Å²) in [6.07, 6.45) is 6.55. The number of hydrogen-bond acceptors (Lipinski definition) is 4. The number of carbonyl (C=O) groups is 1. The Morgan fingerprint density at radius 3 is 3.07 bits per heavy atom. The van der Waals surface area contributed by atoms with Crippen LogP contribution in [0.2, 0.25) is 0 Å². The lowest BCUT2D eigenvalue weighted by Crippen LogP contribution is -2.38. The fourth-order valence-corrected chi connectivity index (χ4v) is 4.03. The van der Waals surface area contributed by atoms with Gasteiger partial charge in [0.05, 0.1) is 23.6 Å². The summed E-state index contributed by atoms with van der Waals surface area (Å²) in [6, 6.07) is 11.6. The highest BCUT2D eigenvalue weighted by Crippen LogP contribution is 2.32. The van der Waals surface area contributed by atoms with Crippen LogP contribution in [0.1, 0.15) is 53.0 Å². The third kappa shape index (κ3) is 3.44. The molecule has 0 radical (unpaired) electrons. The molecule has 0 saturated carbocycles. The summed E-state index contributed by atoms with van der Waals surface area (Å²) in [5.41, 5.74) is 3.13. The van der Waals surface area contributed by atoms with Crippen molar-refractivity contribution in [3.63, 3.8) is 0 Å². The topological polar surface area (TPSA) is 79.9 Å². The van der Waals surface area contributed by atoms with Crippen LogP contribution >= 0.6 is 0 Å². The third-order valence-corrected chi connectivity index (χ3v) is 5.48. The Balaban J connectivity index is 1.40. The molecular weight excluding hydrogens is 366 g/mol. The molecule has 1 unspecified atom stereocenters. The van der Waals surface area contributed by atoms with Crippen molar-refractivity contribution in [2.75, 3.05) is 6.54 Å². The predicted octanol–water partition coefficient (Wildman–Crippen LogP) is 4.08. The van der Waals surface area contributed by atoms with Gasteiger partial charge in [-0.1, -0.05) is 6.07 Å². The van der Waals surface area contributed by atoms with Gasteiger partial charge in [0.1, 0.15) is 11.6 Å². The number of aromatic nitrogens is 4. The Labute approximate surface area is 168 Å². The van der Waals surface area contributed by atoms with E-state index in [0.717, 1.165) is 36.1 Å². The highest BCUT2D eigenvalue weighted by atomic mass is 16.4. The molecule has 3 aromatic heterocycles. The quantitative estimate of drug-likeness (QED) is 0.570. The van der Waals surface area contributed by atoms with E-state index in [4.69, 9.17) is 9.40 Å². The second-order valence-corrected chi connectivity index (χ2v) is 7.62. The van der Waals surface area contributed by atoms with Crippen LogP contribution in [0.25, 0.3) is 11.0 Å². The van der Waals surface area contributed by atoms with Crippen molar-refractivity contribution in [2.24, 2.45) is 0 Å². The number of hydrogen-bond donors (Lipinski definition) is 1. The van der Waals surface area contributed by atoms with Gasteiger partial charge in [0.25, 0.3) is 5.91 Å². The van der Waals surface area contributed by atoms with Gasteiger partial charge in [-0.3, -0.25) is 9.48 Å². The lowest BCUT2D eigenvalue weighted by atomic mass is 10.0. The number of nitrogens with one attached hydrogen (secondary N) is 1. The number of amides is 1. The van der Waals surface area contributed by atoms with Crippen molar-refractivity contribution in [1.29, 1.82) is 0 Å². The van der Waals surface area contributed by atoms with E-state index >= 15 is 0 Å². The normalized spacial score (nSPS) is 17.1. The van der Waals surface area contributed by atoms with Crippen molar-refractivity contribution in [3.05, 3.63) is 71.7 Å². The van der Waals surface area contributed by atoms with Gasteiger partial charge in [0.15, 0.2) is 5.76 Å². The largest absolute Gasteiger partial charge is 0.454 e. The van der Waals surface area contributed by atoms with Gasteiger partial charge in [-0.05, 0) is 62.1 Å². The number of H-pyrrole nitrogens is 1. The van der Waals surface area contributed by atoms with Gasteiger partial charge in [0.2, 0.25) is 0 Å². The number of likely N-dealkylation sites (tertiary alicyclic amines) is 1. The molecule has 1 fully saturated rings. The first-order valence-electron chi connectivity index (χ1n) is 10.0. The third-order valence-electron chi connectivity index (χ3n) is 5.48. The summed E-state index contributed by atoms with van der Waals surface area (Å²) in [6.45, 7) is 3.27. The molecule has 1 aliphatic heterocycles. The zero-order valence-corrected chi connectivity index (χ0v) is 16.3. The first kappa shape index (κ1) is 17.7. The van der Waals surface area contributed by atoms with E-state index < -0.39 is 0 Å². The van der Waals surface area contributed by atoms with Gasteiger partial charge in [-0.25, -0.2) is 4.98 Å². The fourth-order valence-electron chi connectivity index (χ4n) is 4.03. The number of rotatable bonds is 4. The summed E-state index contributed by atoms with van der Waals surface area (Å²) in [5, 5.41) is 4.18. The lowest BCUT2D eigenvalue weighted by molar-refractivity contribution is 0.0566. The van der Waals surface area contributed by atoms with E-state index in [-0.39, 0.29) is 11.9 Å². The standard InChI is InChI=1S/C22H23N5O2/c1-15-6-8-17-18(13-15)25-21(24-17)19-5-2-3-12-27(19)22(28)20-9-7-16(29-20)14-26-11-4-10-23-26/h4,6-11,13,19H,2-3,5,12,14H2,1H3,(H,24,25).